The second-order valence-electron chi connectivity index (χ2n) is 11.2. The van der Waals surface area contributed by atoms with Crippen LogP contribution in [0.2, 0.25) is 0 Å². The highest BCUT2D eigenvalue weighted by Gasteiger charge is 2.40. The van der Waals surface area contributed by atoms with Gasteiger partial charge in [0.15, 0.2) is 5.69 Å². The molecular weight excluding hydrogens is 458 g/mol. The van der Waals surface area contributed by atoms with Crippen molar-refractivity contribution in [1.29, 1.82) is 0 Å². The lowest BCUT2D eigenvalue weighted by molar-refractivity contribution is -0.133. The van der Waals surface area contributed by atoms with Gasteiger partial charge in [-0.15, -0.1) is 0 Å². The van der Waals surface area contributed by atoms with E-state index in [-0.39, 0.29) is 36.4 Å². The molecule has 0 radical (unpaired) electrons. The maximum atomic E-state index is 13.3. The minimum absolute atomic E-state index is 0.0573. The SMILES string of the molecule is CC(C)n1nc(C(=O)N[C@H]2C[C@@H](CC(=O)N3CCCCC3)N(C(=O)OC(C)(C)C)C2)c2ccccc21. The number of likely N-dealkylation sites (tertiary alicyclic amines) is 2. The molecule has 1 aromatic heterocycles. The summed E-state index contributed by atoms with van der Waals surface area (Å²) in [4.78, 5) is 42.9. The van der Waals surface area contributed by atoms with Crippen LogP contribution in [0.25, 0.3) is 10.9 Å². The number of amides is 3. The molecule has 2 atom stereocenters. The summed E-state index contributed by atoms with van der Waals surface area (Å²) in [5, 5.41) is 8.48. The first kappa shape index (κ1) is 26.0. The number of fused-ring (bicyclic) bond motifs is 1. The summed E-state index contributed by atoms with van der Waals surface area (Å²) >= 11 is 0. The molecule has 3 heterocycles. The Labute approximate surface area is 213 Å². The van der Waals surface area contributed by atoms with Crippen LogP contribution < -0.4 is 5.32 Å². The monoisotopic (exact) mass is 497 g/mol. The molecule has 2 aromatic rings. The van der Waals surface area contributed by atoms with Crippen LogP contribution in [0, 0.1) is 0 Å². The Morgan fingerprint density at radius 3 is 2.47 bits per heavy atom. The first-order valence-electron chi connectivity index (χ1n) is 13.1. The number of piperidine rings is 1. The zero-order valence-electron chi connectivity index (χ0n) is 22.1. The minimum atomic E-state index is -0.650. The molecule has 2 aliphatic heterocycles. The van der Waals surface area contributed by atoms with Gasteiger partial charge in [0.25, 0.3) is 5.91 Å². The van der Waals surface area contributed by atoms with Gasteiger partial charge in [-0.2, -0.15) is 5.10 Å². The van der Waals surface area contributed by atoms with Crippen LogP contribution >= 0.6 is 0 Å². The van der Waals surface area contributed by atoms with Gasteiger partial charge in [-0.1, -0.05) is 18.2 Å². The maximum Gasteiger partial charge on any atom is 0.410 e. The first-order valence-corrected chi connectivity index (χ1v) is 13.1. The Bertz CT molecular complexity index is 1110. The predicted molar refractivity (Wildman–Crippen MR) is 138 cm³/mol. The lowest BCUT2D eigenvalue weighted by Gasteiger charge is -2.31. The Balaban J connectivity index is 1.51. The molecule has 36 heavy (non-hydrogen) atoms. The molecule has 1 N–H and O–H groups in total. The molecule has 2 fully saturated rings. The fourth-order valence-electron chi connectivity index (χ4n) is 5.14. The number of hydrogen-bond acceptors (Lipinski definition) is 5. The summed E-state index contributed by atoms with van der Waals surface area (Å²) in [6, 6.07) is 7.17. The molecule has 0 bridgehead atoms. The maximum absolute atomic E-state index is 13.3. The van der Waals surface area contributed by atoms with Crippen LogP contribution in [0.1, 0.15) is 83.3 Å². The number of rotatable bonds is 5. The van der Waals surface area contributed by atoms with Crippen LogP contribution in [0.4, 0.5) is 4.79 Å². The molecule has 0 spiro atoms. The second-order valence-corrected chi connectivity index (χ2v) is 11.2. The van der Waals surface area contributed by atoms with Gasteiger partial charge in [0, 0.05) is 49.6 Å². The molecular formula is C27H39N5O4. The molecule has 196 valence electrons. The lowest BCUT2D eigenvalue weighted by atomic mass is 10.1. The standard InChI is InChI=1S/C27H39N5O4/c1-18(2)32-22-12-8-7-11-21(22)24(29-32)25(34)28-19-15-20(16-23(33)30-13-9-6-10-14-30)31(17-19)26(35)36-27(3,4)5/h7-8,11-12,18-20H,6,9-10,13-17H2,1-5H3,(H,28,34)/t19-,20-/m0/s1. The third kappa shape index (κ3) is 5.82. The van der Waals surface area contributed by atoms with Gasteiger partial charge in [0.05, 0.1) is 5.52 Å². The lowest BCUT2D eigenvalue weighted by Crippen LogP contribution is -2.44. The van der Waals surface area contributed by atoms with Crippen molar-refractivity contribution in [3.63, 3.8) is 0 Å². The number of nitrogens with zero attached hydrogens (tertiary/aromatic N) is 4. The first-order chi connectivity index (χ1) is 17.0. The van der Waals surface area contributed by atoms with E-state index in [0.717, 1.165) is 43.3 Å². The van der Waals surface area contributed by atoms with Crippen molar-refractivity contribution in [2.24, 2.45) is 0 Å². The molecule has 2 saturated heterocycles. The highest BCUT2D eigenvalue weighted by atomic mass is 16.6. The topological polar surface area (TPSA) is 96.8 Å². The smallest absolute Gasteiger partial charge is 0.410 e. The van der Waals surface area contributed by atoms with Gasteiger partial charge in [0.1, 0.15) is 5.60 Å². The molecule has 0 saturated carbocycles. The summed E-state index contributed by atoms with van der Waals surface area (Å²) in [6.07, 6.45) is 3.45. The second kappa shape index (κ2) is 10.5. The normalized spacial score (nSPS) is 20.7. The van der Waals surface area contributed by atoms with Crippen molar-refractivity contribution in [3.05, 3.63) is 30.0 Å². The number of ether oxygens (including phenoxy) is 1. The molecule has 2 aliphatic rings. The molecule has 0 unspecified atom stereocenters. The minimum Gasteiger partial charge on any atom is -0.444 e. The summed E-state index contributed by atoms with van der Waals surface area (Å²) in [5.74, 6) is -0.218. The Morgan fingerprint density at radius 2 is 1.81 bits per heavy atom. The van der Waals surface area contributed by atoms with Crippen LogP contribution in [0.15, 0.2) is 24.3 Å². The average Bonchev–Trinajstić information content (AvgIpc) is 3.40. The van der Waals surface area contributed by atoms with Crippen LogP contribution in [0.3, 0.4) is 0 Å². The Morgan fingerprint density at radius 1 is 1.11 bits per heavy atom. The third-order valence-electron chi connectivity index (χ3n) is 6.81. The number of carbonyl (C=O) groups is 3. The fraction of sp³-hybridized carbons (Fsp3) is 0.630. The summed E-state index contributed by atoms with van der Waals surface area (Å²) in [6.45, 7) is 11.4. The summed E-state index contributed by atoms with van der Waals surface area (Å²) in [5.41, 5.74) is 0.628. The molecule has 9 heteroatoms. The number of nitrogens with one attached hydrogen (secondary N) is 1. The van der Waals surface area contributed by atoms with Gasteiger partial charge in [0.2, 0.25) is 5.91 Å². The summed E-state index contributed by atoms with van der Waals surface area (Å²) < 4.78 is 7.49. The Hall–Kier alpha value is -3.10. The van der Waals surface area contributed by atoms with Crippen molar-refractivity contribution < 1.29 is 19.1 Å². The molecule has 9 nitrogen and oxygen atoms in total. The van der Waals surface area contributed by atoms with E-state index >= 15 is 0 Å². The van der Waals surface area contributed by atoms with Gasteiger partial charge < -0.3 is 19.9 Å². The zero-order valence-corrected chi connectivity index (χ0v) is 22.1. The number of hydrogen-bond donors (Lipinski definition) is 1. The number of para-hydroxylation sites is 1. The van der Waals surface area contributed by atoms with Crippen molar-refractivity contribution in [1.82, 2.24) is 24.9 Å². The van der Waals surface area contributed by atoms with Crippen molar-refractivity contribution >= 4 is 28.8 Å². The summed E-state index contributed by atoms with van der Waals surface area (Å²) in [7, 11) is 0. The van der Waals surface area contributed by atoms with Gasteiger partial charge >= 0.3 is 6.09 Å². The van der Waals surface area contributed by atoms with Crippen molar-refractivity contribution in [2.45, 2.75) is 90.4 Å². The van der Waals surface area contributed by atoms with E-state index in [1.54, 1.807) is 4.90 Å². The van der Waals surface area contributed by atoms with E-state index in [4.69, 9.17) is 4.74 Å². The van der Waals surface area contributed by atoms with Crippen LogP contribution in [-0.4, -0.2) is 74.8 Å². The van der Waals surface area contributed by atoms with E-state index in [2.05, 4.69) is 10.4 Å². The fourth-order valence-corrected chi connectivity index (χ4v) is 5.14. The van der Waals surface area contributed by atoms with E-state index in [9.17, 15) is 14.4 Å². The van der Waals surface area contributed by atoms with Crippen LogP contribution in [-0.2, 0) is 9.53 Å². The predicted octanol–water partition coefficient (Wildman–Crippen LogP) is 4.13. The van der Waals surface area contributed by atoms with E-state index in [1.165, 1.54) is 0 Å². The number of aromatic nitrogens is 2. The van der Waals surface area contributed by atoms with Crippen molar-refractivity contribution in [2.75, 3.05) is 19.6 Å². The third-order valence-corrected chi connectivity index (χ3v) is 6.81. The van der Waals surface area contributed by atoms with Gasteiger partial charge in [-0.25, -0.2) is 4.79 Å². The quantitative estimate of drug-likeness (QED) is 0.670. The van der Waals surface area contributed by atoms with E-state index < -0.39 is 11.7 Å². The van der Waals surface area contributed by atoms with E-state index in [1.807, 2.05) is 68.5 Å². The highest BCUT2D eigenvalue weighted by molar-refractivity contribution is 6.05. The van der Waals surface area contributed by atoms with Gasteiger partial charge in [-0.05, 0) is 66.4 Å². The largest absolute Gasteiger partial charge is 0.444 e. The molecule has 0 aliphatic carbocycles. The van der Waals surface area contributed by atoms with E-state index in [0.29, 0.717) is 18.7 Å². The van der Waals surface area contributed by atoms with Gasteiger partial charge in [-0.3, -0.25) is 14.3 Å². The average molecular weight is 498 g/mol. The van der Waals surface area contributed by atoms with Crippen molar-refractivity contribution in [3.8, 4) is 0 Å². The molecule has 4 rings (SSSR count). The number of benzene rings is 1. The van der Waals surface area contributed by atoms with Crippen LogP contribution in [0.5, 0.6) is 0 Å². The molecule has 1 aromatic carbocycles. The number of carbonyl (C=O) groups excluding carboxylic acids is 3. The highest BCUT2D eigenvalue weighted by Crippen LogP contribution is 2.27. The Kier molecular flexibility index (Phi) is 7.57. The molecule has 3 amide bonds. The zero-order chi connectivity index (χ0) is 26.0.